The van der Waals surface area contributed by atoms with Gasteiger partial charge in [-0.15, -0.1) is 12.4 Å². The predicted octanol–water partition coefficient (Wildman–Crippen LogP) is 0.860. The summed E-state index contributed by atoms with van der Waals surface area (Å²) in [5.74, 6) is -0.280. The number of nitrogens with two attached hydrogens (primary N) is 1. The highest BCUT2D eigenvalue weighted by Crippen LogP contribution is 1.76. The second-order valence-corrected chi connectivity index (χ2v) is 1.24. The number of halogens is 1. The lowest BCUT2D eigenvalue weighted by molar-refractivity contribution is -0.117. The molecule has 0 heterocycles. The number of carbonyl (C=O) groups excluding carboxylic acids is 1. The number of carbonyl (C=O) groups is 1. The fourth-order valence-electron chi connectivity index (χ4n) is 0.234. The highest BCUT2D eigenvalue weighted by Gasteiger charge is 1.82. The van der Waals surface area contributed by atoms with Crippen molar-refractivity contribution in [1.29, 1.82) is 0 Å². The first kappa shape index (κ1) is 10.5. The van der Waals surface area contributed by atoms with Gasteiger partial charge >= 0.3 is 0 Å². The molecule has 0 rings (SSSR count). The summed E-state index contributed by atoms with van der Waals surface area (Å²) in [7, 11) is 0. The van der Waals surface area contributed by atoms with E-state index in [2.05, 4.69) is 0 Å². The lowest BCUT2D eigenvalue weighted by Gasteiger charge is -1.78. The zero-order valence-corrected chi connectivity index (χ0v) is 5.57. The average molecular weight is 136 g/mol. The highest BCUT2D eigenvalue weighted by atomic mass is 35.5. The zero-order chi connectivity index (χ0) is 5.70. The van der Waals surface area contributed by atoms with Crippen LogP contribution < -0.4 is 5.73 Å². The number of hydrogen-bond donors (Lipinski definition) is 1. The first-order chi connectivity index (χ1) is 3.27. The van der Waals surface area contributed by atoms with Gasteiger partial charge in [0.2, 0.25) is 5.91 Å². The van der Waals surface area contributed by atoms with Crippen LogP contribution in [0.2, 0.25) is 0 Å². The van der Waals surface area contributed by atoms with E-state index in [9.17, 15) is 4.79 Å². The van der Waals surface area contributed by atoms with E-state index in [1.807, 2.05) is 6.92 Å². The van der Waals surface area contributed by atoms with Gasteiger partial charge in [-0.1, -0.05) is 12.2 Å². The number of primary amides is 1. The number of hydrogen-bond acceptors (Lipinski definition) is 1. The lowest BCUT2D eigenvalue weighted by atomic mass is 10.4. The Bertz CT molecular complexity index is 90.4. The molecule has 0 aliphatic heterocycles. The van der Waals surface area contributed by atoms with Gasteiger partial charge in [-0.3, -0.25) is 4.79 Å². The molecule has 0 bridgehead atoms. The topological polar surface area (TPSA) is 43.1 Å². The molecule has 8 heavy (non-hydrogen) atoms. The van der Waals surface area contributed by atoms with Crippen LogP contribution >= 0.6 is 12.4 Å². The smallest absolute Gasteiger partial charge is 0.221 e. The molecule has 48 valence electrons. The zero-order valence-electron chi connectivity index (χ0n) is 4.76. The highest BCUT2D eigenvalue weighted by molar-refractivity contribution is 5.85. The molecule has 0 aromatic heterocycles. The van der Waals surface area contributed by atoms with Crippen LogP contribution in [-0.4, -0.2) is 5.91 Å². The molecule has 0 saturated heterocycles. The van der Waals surface area contributed by atoms with E-state index >= 15 is 0 Å². The van der Waals surface area contributed by atoms with Crippen LogP contribution in [0.15, 0.2) is 12.2 Å². The third kappa shape index (κ3) is 9.09. The van der Waals surface area contributed by atoms with Gasteiger partial charge < -0.3 is 5.73 Å². The second kappa shape index (κ2) is 6.50. The Morgan fingerprint density at radius 1 is 1.75 bits per heavy atom. The average Bonchev–Trinajstić information content (AvgIpc) is 1.61. The molecular weight excluding hydrogens is 126 g/mol. The molecule has 0 aliphatic carbocycles. The molecule has 2 N–H and O–H groups in total. The van der Waals surface area contributed by atoms with Crippen molar-refractivity contribution >= 4 is 18.3 Å². The first-order valence-electron chi connectivity index (χ1n) is 2.17. The van der Waals surface area contributed by atoms with Crippen molar-refractivity contribution in [2.75, 3.05) is 0 Å². The molecule has 0 radical (unpaired) electrons. The fraction of sp³-hybridized carbons (Fsp3) is 0.400. The van der Waals surface area contributed by atoms with Gasteiger partial charge in [0.25, 0.3) is 0 Å². The Kier molecular flexibility index (Phi) is 8.51. The van der Waals surface area contributed by atoms with Crippen LogP contribution in [0.4, 0.5) is 0 Å². The Morgan fingerprint density at radius 3 is 2.38 bits per heavy atom. The normalized spacial score (nSPS) is 8.62. The minimum Gasteiger partial charge on any atom is -0.369 e. The van der Waals surface area contributed by atoms with Gasteiger partial charge in [0.05, 0.1) is 0 Å². The summed E-state index contributed by atoms with van der Waals surface area (Å²) in [6.45, 7) is 1.85. The van der Waals surface area contributed by atoms with E-state index in [1.165, 1.54) is 0 Å². The molecule has 2 nitrogen and oxygen atoms in total. The van der Waals surface area contributed by atoms with Gasteiger partial charge in [0.1, 0.15) is 0 Å². The summed E-state index contributed by atoms with van der Waals surface area (Å²) in [5, 5.41) is 0. The summed E-state index contributed by atoms with van der Waals surface area (Å²) in [4.78, 5) is 9.93. The Hall–Kier alpha value is -0.500. The molecule has 0 atom stereocenters. The summed E-state index contributed by atoms with van der Waals surface area (Å²) in [5.41, 5.74) is 4.79. The summed E-state index contributed by atoms with van der Waals surface area (Å²) in [6.07, 6.45) is 3.88. The van der Waals surface area contributed by atoms with Gasteiger partial charge in [-0.25, -0.2) is 0 Å². The van der Waals surface area contributed by atoms with Gasteiger partial charge in [-0.2, -0.15) is 0 Å². The maximum Gasteiger partial charge on any atom is 0.221 e. The van der Waals surface area contributed by atoms with Gasteiger partial charge in [0, 0.05) is 6.42 Å². The molecule has 1 amide bonds. The summed E-state index contributed by atoms with van der Waals surface area (Å²) < 4.78 is 0. The van der Waals surface area contributed by atoms with Crippen molar-refractivity contribution in [1.82, 2.24) is 0 Å². The summed E-state index contributed by atoms with van der Waals surface area (Å²) >= 11 is 0. The molecule has 0 aliphatic rings. The molecule has 3 heteroatoms. The monoisotopic (exact) mass is 135 g/mol. The van der Waals surface area contributed by atoms with Gasteiger partial charge in [-0.05, 0) is 6.92 Å². The standard InChI is InChI=1S/C5H9NO.ClH/c1-2-3-4-5(6)7;/h2-3H,4H2,1H3,(H2,6,7);1H/b3-2+;. The van der Waals surface area contributed by atoms with E-state index in [-0.39, 0.29) is 18.3 Å². The Labute approximate surface area is 55.2 Å². The third-order valence-corrected chi connectivity index (χ3v) is 0.555. The van der Waals surface area contributed by atoms with Crippen LogP contribution in [-0.2, 0) is 4.79 Å². The number of rotatable bonds is 2. The van der Waals surface area contributed by atoms with E-state index in [0.717, 1.165) is 0 Å². The molecule has 0 aromatic carbocycles. The van der Waals surface area contributed by atoms with Crippen LogP contribution in [0.5, 0.6) is 0 Å². The van der Waals surface area contributed by atoms with Crippen molar-refractivity contribution in [3.8, 4) is 0 Å². The largest absolute Gasteiger partial charge is 0.369 e. The summed E-state index contributed by atoms with van der Waals surface area (Å²) in [6, 6.07) is 0. The molecule has 0 unspecified atom stereocenters. The van der Waals surface area contributed by atoms with Gasteiger partial charge in [0.15, 0.2) is 0 Å². The van der Waals surface area contributed by atoms with Crippen LogP contribution in [0.1, 0.15) is 13.3 Å². The molecular formula is C5H10ClNO. The second-order valence-electron chi connectivity index (χ2n) is 1.24. The van der Waals surface area contributed by atoms with E-state index < -0.39 is 0 Å². The van der Waals surface area contributed by atoms with Crippen molar-refractivity contribution in [3.05, 3.63) is 12.2 Å². The Morgan fingerprint density at radius 2 is 2.25 bits per heavy atom. The van der Waals surface area contributed by atoms with Crippen molar-refractivity contribution in [2.24, 2.45) is 5.73 Å². The molecule has 0 spiro atoms. The predicted molar refractivity (Wildman–Crippen MR) is 35.9 cm³/mol. The first-order valence-corrected chi connectivity index (χ1v) is 2.17. The van der Waals surface area contributed by atoms with Crippen LogP contribution in [0.25, 0.3) is 0 Å². The van der Waals surface area contributed by atoms with E-state index in [0.29, 0.717) is 6.42 Å². The van der Waals surface area contributed by atoms with Crippen molar-refractivity contribution in [3.63, 3.8) is 0 Å². The lowest BCUT2D eigenvalue weighted by Crippen LogP contribution is -2.07. The van der Waals surface area contributed by atoms with Crippen molar-refractivity contribution < 1.29 is 4.79 Å². The van der Waals surface area contributed by atoms with E-state index in [1.54, 1.807) is 12.2 Å². The molecule has 0 aromatic rings. The maximum atomic E-state index is 9.93. The molecule has 0 fully saturated rings. The number of allylic oxidation sites excluding steroid dienone is 1. The van der Waals surface area contributed by atoms with Crippen LogP contribution in [0.3, 0.4) is 0 Å². The Balaban J connectivity index is 0. The fourth-order valence-corrected chi connectivity index (χ4v) is 0.234. The van der Waals surface area contributed by atoms with Crippen LogP contribution in [0, 0.1) is 0 Å². The number of amides is 1. The molecule has 0 saturated carbocycles. The minimum atomic E-state index is -0.280. The third-order valence-electron chi connectivity index (χ3n) is 0.555. The van der Waals surface area contributed by atoms with Crippen molar-refractivity contribution in [2.45, 2.75) is 13.3 Å². The maximum absolute atomic E-state index is 9.93. The SMILES string of the molecule is C/C=C/CC(N)=O.Cl. The quantitative estimate of drug-likeness (QED) is 0.561. The van der Waals surface area contributed by atoms with E-state index in [4.69, 9.17) is 5.73 Å². The minimum absolute atomic E-state index is 0.